The molecule has 6 nitrogen and oxygen atoms in total. The van der Waals surface area contributed by atoms with Crippen LogP contribution in [0.2, 0.25) is 0 Å². The van der Waals surface area contributed by atoms with Gasteiger partial charge in [-0.1, -0.05) is 6.07 Å². The molecule has 0 saturated heterocycles. The molecule has 0 saturated carbocycles. The maximum Gasteiger partial charge on any atom is 0.268 e. The monoisotopic (exact) mass is 223 g/mol. The number of nitrogens with one attached hydrogen (secondary N) is 2. The van der Waals surface area contributed by atoms with E-state index in [1.54, 1.807) is 0 Å². The van der Waals surface area contributed by atoms with E-state index in [2.05, 4.69) is 10.3 Å². The van der Waals surface area contributed by atoms with Crippen LogP contribution in [-0.2, 0) is 4.79 Å². The fourth-order valence-electron chi connectivity index (χ4n) is 0.993. The molecule has 0 aliphatic carbocycles. The predicted octanol–water partition coefficient (Wildman–Crippen LogP) is -0.631. The van der Waals surface area contributed by atoms with Crippen LogP contribution < -0.4 is 16.6 Å². The Morgan fingerprint density at radius 2 is 2.00 bits per heavy atom. The van der Waals surface area contributed by atoms with Gasteiger partial charge in [-0.25, -0.2) is 0 Å². The lowest BCUT2D eigenvalue weighted by molar-refractivity contribution is -0.122. The van der Waals surface area contributed by atoms with E-state index in [1.807, 2.05) is 0 Å². The standard InChI is InChI=1S/C10H13N3O3/c1-10(2,9(11)16)13-8(15)6-4-3-5-7(14)12-6/h3-5H,1-2H3,(H2,11,16)(H,12,14)(H,13,15). The van der Waals surface area contributed by atoms with Gasteiger partial charge in [0.05, 0.1) is 0 Å². The minimum Gasteiger partial charge on any atom is -0.368 e. The van der Waals surface area contributed by atoms with Gasteiger partial charge in [0.15, 0.2) is 0 Å². The SMILES string of the molecule is CC(C)(NC(=O)c1cccc(=O)[nH]1)C(N)=O. The first-order valence-corrected chi connectivity index (χ1v) is 4.65. The van der Waals surface area contributed by atoms with Crippen LogP contribution in [0.1, 0.15) is 24.3 Å². The van der Waals surface area contributed by atoms with Crippen LogP contribution in [0.3, 0.4) is 0 Å². The molecular weight excluding hydrogens is 210 g/mol. The van der Waals surface area contributed by atoms with Crippen molar-refractivity contribution in [2.24, 2.45) is 5.73 Å². The van der Waals surface area contributed by atoms with Crippen LogP contribution in [-0.4, -0.2) is 22.3 Å². The van der Waals surface area contributed by atoms with E-state index in [0.29, 0.717) is 0 Å². The first-order chi connectivity index (χ1) is 7.33. The Kier molecular flexibility index (Phi) is 3.12. The zero-order valence-corrected chi connectivity index (χ0v) is 9.03. The maximum atomic E-state index is 11.6. The second-order valence-corrected chi connectivity index (χ2v) is 3.87. The van der Waals surface area contributed by atoms with E-state index in [0.717, 1.165) is 0 Å². The molecule has 0 unspecified atom stereocenters. The first kappa shape index (κ1) is 12.0. The maximum absolute atomic E-state index is 11.6. The van der Waals surface area contributed by atoms with Gasteiger partial charge in [-0.15, -0.1) is 0 Å². The molecule has 1 heterocycles. The first-order valence-electron chi connectivity index (χ1n) is 4.65. The molecule has 1 aromatic rings. The van der Waals surface area contributed by atoms with Crippen molar-refractivity contribution in [2.75, 3.05) is 0 Å². The van der Waals surface area contributed by atoms with Gasteiger partial charge < -0.3 is 16.0 Å². The number of amides is 2. The van der Waals surface area contributed by atoms with Crippen molar-refractivity contribution >= 4 is 11.8 Å². The third kappa shape index (κ3) is 2.69. The van der Waals surface area contributed by atoms with Gasteiger partial charge in [-0.2, -0.15) is 0 Å². The number of H-pyrrole nitrogens is 1. The Morgan fingerprint density at radius 1 is 1.38 bits per heavy atom. The van der Waals surface area contributed by atoms with Gasteiger partial charge in [-0.05, 0) is 19.9 Å². The summed E-state index contributed by atoms with van der Waals surface area (Å²) in [7, 11) is 0. The van der Waals surface area contributed by atoms with Crippen LogP contribution >= 0.6 is 0 Å². The van der Waals surface area contributed by atoms with Crippen LogP contribution in [0.25, 0.3) is 0 Å². The second kappa shape index (κ2) is 4.18. The van der Waals surface area contributed by atoms with Crippen molar-refractivity contribution in [3.8, 4) is 0 Å². The average molecular weight is 223 g/mol. The molecule has 0 aliphatic rings. The number of hydrogen-bond acceptors (Lipinski definition) is 3. The Morgan fingerprint density at radius 3 is 2.50 bits per heavy atom. The Balaban J connectivity index is 2.89. The summed E-state index contributed by atoms with van der Waals surface area (Å²) in [6, 6.07) is 4.18. The summed E-state index contributed by atoms with van der Waals surface area (Å²) in [5, 5.41) is 2.42. The molecule has 0 aliphatic heterocycles. The molecule has 4 N–H and O–H groups in total. The van der Waals surface area contributed by atoms with E-state index in [4.69, 9.17) is 5.73 Å². The van der Waals surface area contributed by atoms with Gasteiger partial charge in [-0.3, -0.25) is 14.4 Å². The van der Waals surface area contributed by atoms with E-state index in [-0.39, 0.29) is 11.3 Å². The lowest BCUT2D eigenvalue weighted by Crippen LogP contribution is -2.53. The Hall–Kier alpha value is -2.11. The highest BCUT2D eigenvalue weighted by Crippen LogP contribution is 2.02. The van der Waals surface area contributed by atoms with Crippen molar-refractivity contribution in [3.63, 3.8) is 0 Å². The summed E-state index contributed by atoms with van der Waals surface area (Å²) in [5.41, 5.74) is 3.64. The molecule has 0 fully saturated rings. The number of rotatable bonds is 3. The largest absolute Gasteiger partial charge is 0.368 e. The van der Waals surface area contributed by atoms with Gasteiger partial charge in [0.2, 0.25) is 11.5 Å². The van der Waals surface area contributed by atoms with E-state index in [1.165, 1.54) is 32.0 Å². The molecule has 0 spiro atoms. The number of aromatic nitrogens is 1. The zero-order valence-electron chi connectivity index (χ0n) is 9.03. The molecule has 1 aromatic heterocycles. The summed E-state index contributed by atoms with van der Waals surface area (Å²) in [6.45, 7) is 2.96. The Bertz CT molecular complexity index is 476. The fraction of sp³-hybridized carbons (Fsp3) is 0.300. The van der Waals surface area contributed by atoms with Crippen molar-refractivity contribution in [1.29, 1.82) is 0 Å². The summed E-state index contributed by atoms with van der Waals surface area (Å²) < 4.78 is 0. The summed E-state index contributed by atoms with van der Waals surface area (Å²) in [5.74, 6) is -1.21. The number of hydrogen-bond donors (Lipinski definition) is 3. The van der Waals surface area contributed by atoms with Gasteiger partial charge in [0.1, 0.15) is 11.2 Å². The summed E-state index contributed by atoms with van der Waals surface area (Å²) >= 11 is 0. The third-order valence-corrected chi connectivity index (χ3v) is 2.06. The van der Waals surface area contributed by atoms with Gasteiger partial charge >= 0.3 is 0 Å². The lowest BCUT2D eigenvalue weighted by Gasteiger charge is -2.21. The van der Waals surface area contributed by atoms with Crippen molar-refractivity contribution in [2.45, 2.75) is 19.4 Å². The minimum atomic E-state index is -1.16. The minimum absolute atomic E-state index is 0.0850. The molecule has 1 rings (SSSR count). The highest BCUT2D eigenvalue weighted by molar-refractivity contribution is 5.97. The second-order valence-electron chi connectivity index (χ2n) is 3.87. The number of aromatic amines is 1. The molecule has 0 aromatic carbocycles. The molecule has 0 bridgehead atoms. The van der Waals surface area contributed by atoms with E-state index in [9.17, 15) is 14.4 Å². The summed E-state index contributed by atoms with van der Waals surface area (Å²) in [6.07, 6.45) is 0. The van der Waals surface area contributed by atoms with E-state index < -0.39 is 17.4 Å². The zero-order chi connectivity index (χ0) is 12.3. The molecular formula is C10H13N3O3. The molecule has 86 valence electrons. The number of nitrogens with two attached hydrogens (primary N) is 1. The molecule has 0 radical (unpaired) electrons. The van der Waals surface area contributed by atoms with Crippen molar-refractivity contribution in [3.05, 3.63) is 34.2 Å². The lowest BCUT2D eigenvalue weighted by atomic mass is 10.1. The topological polar surface area (TPSA) is 105 Å². The van der Waals surface area contributed by atoms with Gasteiger partial charge in [0.25, 0.3) is 5.91 Å². The molecule has 6 heteroatoms. The van der Waals surface area contributed by atoms with Crippen molar-refractivity contribution in [1.82, 2.24) is 10.3 Å². The highest BCUT2D eigenvalue weighted by Gasteiger charge is 2.27. The number of primary amides is 1. The normalized spacial score (nSPS) is 10.9. The highest BCUT2D eigenvalue weighted by atomic mass is 16.2. The third-order valence-electron chi connectivity index (χ3n) is 2.06. The number of carbonyl (C=O) groups is 2. The Labute approximate surface area is 91.9 Å². The van der Waals surface area contributed by atoms with Crippen LogP contribution in [0.5, 0.6) is 0 Å². The van der Waals surface area contributed by atoms with Crippen molar-refractivity contribution < 1.29 is 9.59 Å². The fourth-order valence-corrected chi connectivity index (χ4v) is 0.993. The number of carbonyl (C=O) groups excluding carboxylic acids is 2. The van der Waals surface area contributed by atoms with Crippen LogP contribution in [0, 0.1) is 0 Å². The summed E-state index contributed by atoms with van der Waals surface area (Å²) in [4.78, 5) is 35.9. The van der Waals surface area contributed by atoms with Crippen LogP contribution in [0.4, 0.5) is 0 Å². The van der Waals surface area contributed by atoms with Gasteiger partial charge in [0, 0.05) is 6.07 Å². The smallest absolute Gasteiger partial charge is 0.268 e. The average Bonchev–Trinajstić information content (AvgIpc) is 2.16. The number of pyridine rings is 1. The van der Waals surface area contributed by atoms with E-state index >= 15 is 0 Å². The molecule has 0 atom stereocenters. The quantitative estimate of drug-likeness (QED) is 0.635. The predicted molar refractivity (Wildman–Crippen MR) is 57.8 cm³/mol. The molecule has 2 amide bonds. The molecule has 16 heavy (non-hydrogen) atoms. The van der Waals surface area contributed by atoms with Crippen LogP contribution in [0.15, 0.2) is 23.0 Å².